The van der Waals surface area contributed by atoms with Crippen molar-refractivity contribution in [3.8, 4) is 34.5 Å². The van der Waals surface area contributed by atoms with Crippen molar-refractivity contribution in [1.82, 2.24) is 25.3 Å². The molecule has 0 spiro atoms. The summed E-state index contributed by atoms with van der Waals surface area (Å²) in [6.07, 6.45) is -55.0. The van der Waals surface area contributed by atoms with E-state index in [4.69, 9.17) is 112 Å². The molecule has 9 rings (SSSR count). The number of carboxylic acid groups (broad SMARTS) is 2. The standard InChI is InChI=1S/2C23H36N2O4.C15H22N2O3.C4H6O6.C2H3ClO/c2*1-2-3-4-5-6-9-22(26)24-19(17-25-12-7-8-13-25)23(27)18-10-11-20-21(16-18)29-15-14-28-20;16-12(10-17-5-1-2-6-17)15(18)11-3-4-13-14(9-11)20-8-7-19-13;5-1(3(7)8)2(6)4(9)10;1-2(3)4/h2*10-11,16,19,23,27H,2-9,12-15,17H2,1H3,(H,24,26);3-4,9,12,15,18H,1-2,5-8,10,16H2;1-2,5-6H,(H,7,8)(H,9,10);1H3/t2*19-,23-;12-,15-;1-,2-;/m1111./s1/i2*1D3,2D2,3D2,4D2,5D2,6D2,9D2,14D2,15D2;7D2,8D2;;. The Bertz CT molecular complexity index is 4370. The number of nitrogens with two attached hydrogens (primary N) is 1. The summed E-state index contributed by atoms with van der Waals surface area (Å²) in [6.45, 7) is -19.3. The number of carbonyl (C=O) groups excluding carboxylic acids is 3. The fourth-order valence-electron chi connectivity index (χ4n) is 9.13. The summed E-state index contributed by atoms with van der Waals surface area (Å²) < 4.78 is 361. The van der Waals surface area contributed by atoms with Crippen LogP contribution in [0, 0.1) is 0 Å². The zero-order valence-corrected chi connectivity index (χ0v) is 50.1. The number of ether oxygens (including phenoxy) is 6. The molecular formula is C67H103ClN6O18. The number of aliphatic hydroxyl groups excluding tert-OH is 5. The van der Waals surface area contributed by atoms with E-state index in [2.05, 4.69) is 27.1 Å². The van der Waals surface area contributed by atoms with E-state index in [1.54, 1.807) is 15.9 Å². The molecule has 0 unspecified atom stereocenters. The molecule has 0 radical (unpaired) electrons. The predicted octanol–water partition coefficient (Wildman–Crippen LogP) is 6.43. The molecule has 6 aliphatic heterocycles. The van der Waals surface area contributed by atoms with E-state index in [1.165, 1.54) is 31.2 Å². The lowest BCUT2D eigenvalue weighted by molar-refractivity contribution is -0.165. The van der Waals surface area contributed by atoms with Crippen molar-refractivity contribution in [3.05, 3.63) is 71.3 Å². The van der Waals surface area contributed by atoms with E-state index >= 15 is 0 Å². The fourth-order valence-corrected chi connectivity index (χ4v) is 9.13. The van der Waals surface area contributed by atoms with Crippen LogP contribution in [0.4, 0.5) is 0 Å². The molecule has 25 heteroatoms. The minimum Gasteiger partial charge on any atom is -0.486 e. The van der Waals surface area contributed by atoms with Crippen molar-refractivity contribution < 1.29 is 146 Å². The van der Waals surface area contributed by atoms with E-state index in [9.17, 15) is 39.3 Å². The van der Waals surface area contributed by atoms with Gasteiger partial charge in [-0.1, -0.05) is 82.9 Å². The molecule has 8 atom stereocenters. The summed E-state index contributed by atoms with van der Waals surface area (Å²) in [4.78, 5) is 61.4. The second-order valence-corrected chi connectivity index (χ2v) is 20.6. The Hall–Kier alpha value is -6.06. The maximum Gasteiger partial charge on any atom is 0.335 e. The zero-order chi connectivity index (χ0) is 104. The number of aliphatic carboxylic acids is 2. The lowest BCUT2D eigenvalue weighted by Crippen LogP contribution is -2.46. The molecule has 3 fully saturated rings. The smallest absolute Gasteiger partial charge is 0.335 e. The van der Waals surface area contributed by atoms with Crippen LogP contribution in [0.25, 0.3) is 0 Å². The van der Waals surface area contributed by atoms with Gasteiger partial charge >= 0.3 is 11.9 Å². The van der Waals surface area contributed by atoms with Crippen LogP contribution in [0.15, 0.2) is 54.6 Å². The van der Waals surface area contributed by atoms with Crippen molar-refractivity contribution in [2.24, 2.45) is 5.73 Å². The SMILES string of the molecule is CC(=O)Cl.O=C(O)[C@H](O)[C@@H](O)C(=O)O.[2H]C([2H])([2H])C([2H])([2H])C([2H])([2H])C([2H])([2H])C([2H])([2H])C([2H])([2H])C([2H])([2H])C(=O)N[C@H](CN1CCCC1)[C@H](O)c1ccc2c(c1)OC([2H])([2H])C([2H])([2H])O2.[2H]C([2H])([2H])C([2H])([2H])C([2H])([2H])C([2H])([2H])C([2H])([2H])C([2H])([2H])C([2H])([2H])C(=O)N[C@H](CN1CCCC1)[C@H](O)c1ccc2c(c1)OC([2H])([2H])C([2H])([2H])O2.[2H]C1([2H])Oc2ccc([C@@H](O)[C@H](N)CN3CCCC3)cc2OC1([2H])[2H]. The highest BCUT2D eigenvalue weighted by Gasteiger charge is 2.32. The van der Waals surface area contributed by atoms with E-state index in [-0.39, 0.29) is 64.0 Å². The van der Waals surface area contributed by atoms with Gasteiger partial charge < -0.3 is 95.2 Å². The number of amides is 2. The highest BCUT2D eigenvalue weighted by Crippen LogP contribution is 2.36. The zero-order valence-electron chi connectivity index (χ0n) is 91.3. The Labute approximate surface area is 605 Å². The van der Waals surface area contributed by atoms with Gasteiger partial charge in [-0.05, 0) is 155 Å². The number of carbonyl (C=O) groups is 5. The number of hydrogen-bond donors (Lipinski definition) is 10. The number of hydrogen-bond acceptors (Lipinski definition) is 20. The molecule has 3 saturated heterocycles. The van der Waals surface area contributed by atoms with Crippen LogP contribution >= 0.6 is 11.6 Å². The molecule has 24 nitrogen and oxygen atoms in total. The maximum atomic E-state index is 13.5. The number of fused-ring (bicyclic) bond motifs is 3. The van der Waals surface area contributed by atoms with E-state index < -0.39 is 202 Å². The third-order valence-corrected chi connectivity index (χ3v) is 13.5. The van der Waals surface area contributed by atoms with Crippen molar-refractivity contribution >= 4 is 40.6 Å². The Balaban J connectivity index is 0.000000344. The molecule has 11 N–H and O–H groups in total. The van der Waals surface area contributed by atoms with E-state index in [1.807, 2.05) is 0 Å². The van der Waals surface area contributed by atoms with Gasteiger partial charge in [0.25, 0.3) is 0 Å². The Morgan fingerprint density at radius 1 is 0.500 bits per heavy atom. The van der Waals surface area contributed by atoms with Gasteiger partial charge in [-0.2, -0.15) is 0 Å². The Morgan fingerprint density at radius 3 is 1.11 bits per heavy atom. The minimum atomic E-state index is -4.41. The van der Waals surface area contributed by atoms with Gasteiger partial charge in [0.1, 0.15) is 51.6 Å². The first kappa shape index (κ1) is 35.6. The van der Waals surface area contributed by atoms with Crippen molar-refractivity contribution in [2.45, 2.75) is 184 Å². The van der Waals surface area contributed by atoms with E-state index in [0.29, 0.717) is 38.3 Å². The summed E-state index contributed by atoms with van der Waals surface area (Å²) in [6, 6.07) is 7.94. The van der Waals surface area contributed by atoms with Gasteiger partial charge in [-0.15, -0.1) is 0 Å². The maximum absolute atomic E-state index is 13.5. The molecule has 0 aliphatic carbocycles. The summed E-state index contributed by atoms with van der Waals surface area (Å²) in [7, 11) is 0. The minimum absolute atomic E-state index is 0.0556. The van der Waals surface area contributed by atoms with Gasteiger partial charge in [0.05, 0.1) is 34.6 Å². The van der Waals surface area contributed by atoms with Gasteiger partial charge in [-0.25, -0.2) is 9.59 Å². The quantitative estimate of drug-likeness (QED) is 0.0335. The number of nitrogens with zero attached hydrogens (tertiary/aromatic N) is 3. The number of likely N-dealkylation sites (tertiary alicyclic amines) is 3. The van der Waals surface area contributed by atoms with Gasteiger partial charge in [0.2, 0.25) is 17.1 Å². The fraction of sp³-hybridized carbons (Fsp3) is 0.657. The number of carboxylic acids is 2. The molecule has 0 saturated carbocycles. The number of halogens is 1. The van der Waals surface area contributed by atoms with Crippen LogP contribution in [0.5, 0.6) is 34.5 Å². The van der Waals surface area contributed by atoms with Gasteiger partial charge in [-0.3, -0.25) is 14.4 Å². The lowest BCUT2D eigenvalue weighted by Gasteiger charge is -2.29. The normalized spacial score (nSPS) is 30.5. The molecular weight excluding hydrogens is 1210 g/mol. The third kappa shape index (κ3) is 27.5. The molecule has 0 bridgehead atoms. The molecule has 6 heterocycles. The summed E-state index contributed by atoms with van der Waals surface area (Å²) in [5, 5.41) is 69.6. The second-order valence-electron chi connectivity index (χ2n) is 20.1. The molecule has 92 heavy (non-hydrogen) atoms. The van der Waals surface area contributed by atoms with Gasteiger partial charge in [0.15, 0.2) is 46.7 Å². The molecule has 6 aliphatic rings. The highest BCUT2D eigenvalue weighted by molar-refractivity contribution is 6.62. The van der Waals surface area contributed by atoms with Crippen molar-refractivity contribution in [3.63, 3.8) is 0 Å². The van der Waals surface area contributed by atoms with Crippen molar-refractivity contribution in [2.75, 3.05) is 98.3 Å². The van der Waals surface area contributed by atoms with Crippen LogP contribution in [-0.2, 0) is 24.0 Å². The first-order valence-electron chi connectivity index (χ1n) is 49.1. The Morgan fingerprint density at radius 2 is 0.793 bits per heavy atom. The first-order valence-corrected chi connectivity index (χ1v) is 28.5. The monoisotopic (exact) mass is 1360 g/mol. The van der Waals surface area contributed by atoms with Crippen LogP contribution in [0.3, 0.4) is 0 Å². The predicted molar refractivity (Wildman–Crippen MR) is 347 cm³/mol. The average Bonchev–Trinajstić information content (AvgIpc) is 0.778. The first-order chi connectivity index (χ1) is 60.0. The van der Waals surface area contributed by atoms with Crippen LogP contribution in [0.2, 0.25) is 0 Å². The number of nitrogens with one attached hydrogen (secondary N) is 2. The summed E-state index contributed by atoms with van der Waals surface area (Å²) in [5.74, 6) is -8.33. The van der Waals surface area contributed by atoms with Crippen molar-refractivity contribution in [1.29, 1.82) is 0 Å². The Kier molecular flexibility index (Phi) is 16.4. The van der Waals surface area contributed by atoms with Crippen LogP contribution in [-0.4, -0.2) is 208 Å². The topological polar surface area (TPSA) is 342 Å². The van der Waals surface area contributed by atoms with E-state index in [0.717, 1.165) is 75.9 Å². The molecule has 0 aromatic heterocycles. The van der Waals surface area contributed by atoms with Gasteiger partial charge in [0, 0.05) is 86.5 Å². The summed E-state index contributed by atoms with van der Waals surface area (Å²) >= 11 is 4.64. The average molecular weight is 1360 g/mol. The largest absolute Gasteiger partial charge is 0.486 e. The molecule has 3 aromatic carbocycles. The number of aliphatic hydroxyl groups is 5. The number of rotatable bonds is 29. The molecule has 3 aromatic rings. The third-order valence-electron chi connectivity index (χ3n) is 13.5. The second kappa shape index (κ2) is 42.3. The molecule has 2 amide bonds. The van der Waals surface area contributed by atoms with Crippen LogP contribution in [0.1, 0.15) is 228 Å². The van der Waals surface area contributed by atoms with Crippen LogP contribution < -0.4 is 44.8 Å². The highest BCUT2D eigenvalue weighted by atomic mass is 35.5. The lowest BCUT2D eigenvalue weighted by atomic mass is 10.0. The molecule has 516 valence electrons. The summed E-state index contributed by atoms with van der Waals surface area (Å²) in [5.41, 5.74) is 6.44. The number of benzene rings is 3.